The number of ether oxygens (including phenoxy) is 1. The molecule has 1 amide bonds. The summed E-state index contributed by atoms with van der Waals surface area (Å²) in [6.07, 6.45) is -1.91. The van der Waals surface area contributed by atoms with E-state index in [2.05, 4.69) is 15.6 Å². The minimum absolute atomic E-state index is 0.0385. The number of nitrogens with one attached hydrogen (secondary N) is 2. The number of anilines is 1. The zero-order chi connectivity index (χ0) is 23.6. The van der Waals surface area contributed by atoms with Gasteiger partial charge in [-0.05, 0) is 56.0 Å². The quantitative estimate of drug-likeness (QED) is 0.489. The van der Waals surface area contributed by atoms with Crippen molar-refractivity contribution in [3.63, 3.8) is 0 Å². The Bertz CT molecular complexity index is 1160. The Hall–Kier alpha value is -3.36. The van der Waals surface area contributed by atoms with E-state index in [1.165, 1.54) is 19.2 Å². The molecule has 1 heterocycles. The SMILES string of the molecule is COc1ccc(C(=O)NC2CCC(Nc3cc(C(F)(F)F)nc4ccccc34)CC2)cc1F. The lowest BCUT2D eigenvalue weighted by Gasteiger charge is -2.30. The molecule has 33 heavy (non-hydrogen) atoms. The summed E-state index contributed by atoms with van der Waals surface area (Å²) >= 11 is 0. The number of fused-ring (bicyclic) bond motifs is 1. The largest absolute Gasteiger partial charge is 0.494 e. The number of rotatable bonds is 5. The fourth-order valence-electron chi connectivity index (χ4n) is 4.12. The van der Waals surface area contributed by atoms with E-state index in [1.54, 1.807) is 24.3 Å². The van der Waals surface area contributed by atoms with Crippen LogP contribution in [0.1, 0.15) is 41.7 Å². The van der Waals surface area contributed by atoms with Gasteiger partial charge in [0.05, 0.1) is 12.6 Å². The maximum atomic E-state index is 13.9. The van der Waals surface area contributed by atoms with E-state index < -0.39 is 17.7 Å². The maximum Gasteiger partial charge on any atom is 0.433 e. The lowest BCUT2D eigenvalue weighted by molar-refractivity contribution is -0.140. The summed E-state index contributed by atoms with van der Waals surface area (Å²) in [6, 6.07) is 11.7. The van der Waals surface area contributed by atoms with Gasteiger partial charge in [-0.15, -0.1) is 0 Å². The highest BCUT2D eigenvalue weighted by molar-refractivity contribution is 5.94. The predicted molar refractivity (Wildman–Crippen MR) is 117 cm³/mol. The van der Waals surface area contributed by atoms with Crippen molar-refractivity contribution < 1.29 is 27.1 Å². The van der Waals surface area contributed by atoms with Gasteiger partial charge in [0, 0.05) is 28.7 Å². The van der Waals surface area contributed by atoms with Crippen LogP contribution in [-0.2, 0) is 6.18 Å². The van der Waals surface area contributed by atoms with Gasteiger partial charge < -0.3 is 15.4 Å². The number of alkyl halides is 3. The van der Waals surface area contributed by atoms with Crippen LogP contribution in [0.25, 0.3) is 10.9 Å². The van der Waals surface area contributed by atoms with Gasteiger partial charge in [-0.25, -0.2) is 9.37 Å². The van der Waals surface area contributed by atoms with Gasteiger partial charge in [0.1, 0.15) is 5.69 Å². The molecule has 3 aromatic rings. The maximum absolute atomic E-state index is 13.9. The molecule has 1 saturated carbocycles. The van der Waals surface area contributed by atoms with E-state index >= 15 is 0 Å². The molecule has 1 aliphatic carbocycles. The Morgan fingerprint density at radius 3 is 2.39 bits per heavy atom. The second-order valence-corrected chi connectivity index (χ2v) is 8.09. The van der Waals surface area contributed by atoms with Crippen molar-refractivity contribution in [2.24, 2.45) is 0 Å². The number of carbonyl (C=O) groups excluding carboxylic acids is 1. The monoisotopic (exact) mass is 461 g/mol. The number of hydrogen-bond acceptors (Lipinski definition) is 4. The van der Waals surface area contributed by atoms with Crippen LogP contribution in [0, 0.1) is 5.82 Å². The fraction of sp³-hybridized carbons (Fsp3) is 0.333. The lowest BCUT2D eigenvalue weighted by Crippen LogP contribution is -2.40. The summed E-state index contributed by atoms with van der Waals surface area (Å²) in [5.74, 6) is -0.917. The van der Waals surface area contributed by atoms with Crippen LogP contribution in [-0.4, -0.2) is 30.1 Å². The number of halogens is 4. The van der Waals surface area contributed by atoms with Crippen molar-refractivity contribution in [3.05, 3.63) is 65.6 Å². The van der Waals surface area contributed by atoms with Gasteiger partial charge in [-0.3, -0.25) is 4.79 Å². The Labute approximate surface area is 188 Å². The topological polar surface area (TPSA) is 63.2 Å². The lowest BCUT2D eigenvalue weighted by atomic mass is 9.90. The molecule has 1 aliphatic rings. The number of carbonyl (C=O) groups is 1. The molecule has 0 bridgehead atoms. The number of para-hydroxylation sites is 1. The minimum Gasteiger partial charge on any atom is -0.494 e. The summed E-state index contributed by atoms with van der Waals surface area (Å²) < 4.78 is 58.6. The first-order valence-corrected chi connectivity index (χ1v) is 10.6. The number of nitrogens with zero attached hydrogens (tertiary/aromatic N) is 1. The van der Waals surface area contributed by atoms with Crippen LogP contribution in [0.3, 0.4) is 0 Å². The number of pyridine rings is 1. The minimum atomic E-state index is -4.54. The van der Waals surface area contributed by atoms with E-state index in [0.717, 1.165) is 12.1 Å². The molecule has 174 valence electrons. The molecule has 0 radical (unpaired) electrons. The first-order chi connectivity index (χ1) is 15.7. The van der Waals surface area contributed by atoms with Crippen LogP contribution in [0.2, 0.25) is 0 Å². The summed E-state index contributed by atoms with van der Waals surface area (Å²) in [5, 5.41) is 6.78. The average Bonchev–Trinajstić information content (AvgIpc) is 2.79. The van der Waals surface area contributed by atoms with Crippen molar-refractivity contribution in [2.45, 2.75) is 43.9 Å². The summed E-state index contributed by atoms with van der Waals surface area (Å²) in [7, 11) is 1.35. The van der Waals surface area contributed by atoms with Gasteiger partial charge >= 0.3 is 6.18 Å². The van der Waals surface area contributed by atoms with E-state index in [0.29, 0.717) is 36.8 Å². The molecule has 0 aliphatic heterocycles. The van der Waals surface area contributed by atoms with Crippen molar-refractivity contribution in [3.8, 4) is 5.75 Å². The standard InChI is InChI=1S/C24H23F4N3O2/c1-33-21-11-6-14(12-18(21)25)23(32)30-16-9-7-15(8-10-16)29-20-13-22(24(26,27)28)31-19-5-3-2-4-17(19)20/h2-6,11-13,15-16H,7-10H2,1H3,(H,29,31)(H,30,32). The zero-order valence-corrected chi connectivity index (χ0v) is 17.9. The molecule has 1 fully saturated rings. The Balaban J connectivity index is 1.40. The summed E-state index contributed by atoms with van der Waals surface area (Å²) in [6.45, 7) is 0. The molecule has 1 aromatic heterocycles. The van der Waals surface area contributed by atoms with E-state index in [9.17, 15) is 22.4 Å². The first kappa shape index (κ1) is 22.8. The highest BCUT2D eigenvalue weighted by Crippen LogP contribution is 2.34. The van der Waals surface area contributed by atoms with E-state index in [-0.39, 0.29) is 34.8 Å². The van der Waals surface area contributed by atoms with Crippen LogP contribution in [0.4, 0.5) is 23.2 Å². The molecule has 0 saturated heterocycles. The second kappa shape index (κ2) is 9.25. The summed E-state index contributed by atoms with van der Waals surface area (Å²) in [4.78, 5) is 16.2. The van der Waals surface area contributed by atoms with Crippen LogP contribution < -0.4 is 15.4 Å². The predicted octanol–water partition coefficient (Wildman–Crippen LogP) is 5.55. The molecule has 4 rings (SSSR count). The molecule has 0 atom stereocenters. The van der Waals surface area contributed by atoms with Gasteiger partial charge in [-0.2, -0.15) is 13.2 Å². The van der Waals surface area contributed by atoms with E-state index in [4.69, 9.17) is 4.74 Å². The van der Waals surface area contributed by atoms with Crippen LogP contribution in [0.5, 0.6) is 5.75 Å². The molecule has 5 nitrogen and oxygen atoms in total. The normalized spacial score (nSPS) is 18.7. The summed E-state index contributed by atoms with van der Waals surface area (Å²) in [5.41, 5.74) is -0.0514. The number of benzene rings is 2. The third-order valence-corrected chi connectivity index (χ3v) is 5.84. The van der Waals surface area contributed by atoms with Crippen molar-refractivity contribution in [1.82, 2.24) is 10.3 Å². The van der Waals surface area contributed by atoms with Gasteiger partial charge in [0.2, 0.25) is 0 Å². The number of aromatic nitrogens is 1. The smallest absolute Gasteiger partial charge is 0.433 e. The van der Waals surface area contributed by atoms with Gasteiger partial charge in [-0.1, -0.05) is 18.2 Å². The fourth-order valence-corrected chi connectivity index (χ4v) is 4.12. The first-order valence-electron chi connectivity index (χ1n) is 10.6. The molecule has 2 aromatic carbocycles. The zero-order valence-electron chi connectivity index (χ0n) is 17.9. The molecular formula is C24H23F4N3O2. The Kier molecular flexibility index (Phi) is 6.40. The molecular weight excluding hydrogens is 438 g/mol. The Morgan fingerprint density at radius 1 is 1.03 bits per heavy atom. The molecule has 0 unspecified atom stereocenters. The second-order valence-electron chi connectivity index (χ2n) is 8.09. The average molecular weight is 461 g/mol. The number of methoxy groups -OCH3 is 1. The van der Waals surface area contributed by atoms with Crippen LogP contribution >= 0.6 is 0 Å². The van der Waals surface area contributed by atoms with Gasteiger partial charge in [0.25, 0.3) is 5.91 Å². The van der Waals surface area contributed by atoms with E-state index in [1.807, 2.05) is 0 Å². The number of amides is 1. The van der Waals surface area contributed by atoms with Crippen molar-refractivity contribution >= 4 is 22.5 Å². The van der Waals surface area contributed by atoms with Crippen molar-refractivity contribution in [1.29, 1.82) is 0 Å². The molecule has 2 N–H and O–H groups in total. The highest BCUT2D eigenvalue weighted by Gasteiger charge is 2.34. The molecule has 9 heteroatoms. The molecule has 0 spiro atoms. The third kappa shape index (κ3) is 5.18. The highest BCUT2D eigenvalue weighted by atomic mass is 19.4. The van der Waals surface area contributed by atoms with Gasteiger partial charge in [0.15, 0.2) is 11.6 Å². The third-order valence-electron chi connectivity index (χ3n) is 5.84. The van der Waals surface area contributed by atoms with Crippen molar-refractivity contribution in [2.75, 3.05) is 12.4 Å². The number of hydrogen-bond donors (Lipinski definition) is 2. The Morgan fingerprint density at radius 2 is 1.73 bits per heavy atom. The van der Waals surface area contributed by atoms with Crippen LogP contribution in [0.15, 0.2) is 48.5 Å².